The van der Waals surface area contributed by atoms with Gasteiger partial charge in [0.05, 0.1) is 0 Å². The van der Waals surface area contributed by atoms with Gasteiger partial charge < -0.3 is 5.73 Å². The van der Waals surface area contributed by atoms with E-state index in [0.29, 0.717) is 24.7 Å². The summed E-state index contributed by atoms with van der Waals surface area (Å²) in [6, 6.07) is 1.96. The van der Waals surface area contributed by atoms with Gasteiger partial charge in [-0.15, -0.1) is 0 Å². The molecule has 2 rings (SSSR count). The summed E-state index contributed by atoms with van der Waals surface area (Å²) in [4.78, 5) is 16.3. The van der Waals surface area contributed by atoms with Crippen LogP contribution in [0.5, 0.6) is 0 Å². The van der Waals surface area contributed by atoms with Crippen LogP contribution in [-0.2, 0) is 11.2 Å². The van der Waals surface area contributed by atoms with E-state index in [4.69, 9.17) is 5.73 Å². The lowest BCUT2D eigenvalue weighted by Gasteiger charge is -2.16. The van der Waals surface area contributed by atoms with Crippen molar-refractivity contribution in [2.24, 2.45) is 17.6 Å². The summed E-state index contributed by atoms with van der Waals surface area (Å²) in [6.07, 6.45) is 7.20. The van der Waals surface area contributed by atoms with E-state index >= 15 is 0 Å². The van der Waals surface area contributed by atoms with Gasteiger partial charge in [-0.25, -0.2) is 0 Å². The van der Waals surface area contributed by atoms with Gasteiger partial charge in [-0.05, 0) is 52.9 Å². The summed E-state index contributed by atoms with van der Waals surface area (Å²) in [5.41, 5.74) is 6.69. The lowest BCUT2D eigenvalue weighted by Crippen LogP contribution is -2.26. The lowest BCUT2D eigenvalue weighted by atomic mass is 9.89. The fourth-order valence-corrected chi connectivity index (χ4v) is 3.04. The van der Waals surface area contributed by atoms with Crippen molar-refractivity contribution in [2.45, 2.75) is 25.7 Å². The molecule has 0 saturated heterocycles. The fourth-order valence-electron chi connectivity index (χ4n) is 2.63. The van der Waals surface area contributed by atoms with Crippen LogP contribution in [-0.4, -0.2) is 17.3 Å². The normalized spacial score (nSPS) is 23.9. The van der Waals surface area contributed by atoms with E-state index in [1.807, 2.05) is 6.07 Å². The first kappa shape index (κ1) is 12.7. The molecule has 1 aromatic rings. The largest absolute Gasteiger partial charge is 0.330 e. The molecule has 17 heavy (non-hydrogen) atoms. The van der Waals surface area contributed by atoms with Crippen molar-refractivity contribution in [3.05, 3.63) is 28.5 Å². The van der Waals surface area contributed by atoms with E-state index in [-0.39, 0.29) is 5.92 Å². The van der Waals surface area contributed by atoms with Gasteiger partial charge in [0.2, 0.25) is 0 Å². The van der Waals surface area contributed by atoms with Crippen LogP contribution in [0.3, 0.4) is 0 Å². The summed E-state index contributed by atoms with van der Waals surface area (Å²) >= 11 is 3.37. The second-order valence-corrected chi connectivity index (χ2v) is 5.60. The molecule has 1 fully saturated rings. The van der Waals surface area contributed by atoms with Crippen molar-refractivity contribution in [2.75, 3.05) is 6.54 Å². The van der Waals surface area contributed by atoms with Crippen molar-refractivity contribution in [3.63, 3.8) is 0 Å². The zero-order chi connectivity index (χ0) is 12.3. The third kappa shape index (κ3) is 3.13. The molecule has 0 aliphatic heterocycles. The van der Waals surface area contributed by atoms with E-state index in [1.165, 1.54) is 0 Å². The van der Waals surface area contributed by atoms with Gasteiger partial charge in [0.25, 0.3) is 0 Å². The molecule has 92 valence electrons. The van der Waals surface area contributed by atoms with Gasteiger partial charge in [0.15, 0.2) is 0 Å². The van der Waals surface area contributed by atoms with E-state index in [1.54, 1.807) is 12.4 Å². The second kappa shape index (κ2) is 5.74. The maximum Gasteiger partial charge on any atom is 0.140 e. The number of nitrogens with zero attached hydrogens (tertiary/aromatic N) is 1. The lowest BCUT2D eigenvalue weighted by molar-refractivity contribution is -0.123. The molecule has 1 heterocycles. The van der Waals surface area contributed by atoms with Crippen LogP contribution in [0.4, 0.5) is 0 Å². The number of hydrogen-bond acceptors (Lipinski definition) is 3. The van der Waals surface area contributed by atoms with Gasteiger partial charge in [-0.1, -0.05) is 6.42 Å². The smallest absolute Gasteiger partial charge is 0.140 e. The zero-order valence-corrected chi connectivity index (χ0v) is 11.3. The minimum absolute atomic E-state index is 0.166. The van der Waals surface area contributed by atoms with Crippen LogP contribution < -0.4 is 5.73 Å². The Hall–Kier alpha value is -0.740. The number of aromatic nitrogens is 1. The number of Topliss-reactive ketones (excluding diaryl/α,β-unsaturated/α-hetero) is 1. The average molecular weight is 297 g/mol. The molecule has 0 spiro atoms. The SMILES string of the molecule is NCC1CCCC1C(=O)Cc1cncc(Br)c1. The molecule has 4 heteroatoms. The summed E-state index contributed by atoms with van der Waals surface area (Å²) in [5.74, 6) is 0.874. The second-order valence-electron chi connectivity index (χ2n) is 4.69. The average Bonchev–Trinajstić information content (AvgIpc) is 2.77. The summed E-state index contributed by atoms with van der Waals surface area (Å²) in [6.45, 7) is 0.632. The highest BCUT2D eigenvalue weighted by molar-refractivity contribution is 9.10. The third-order valence-corrected chi connectivity index (χ3v) is 3.95. The number of pyridine rings is 1. The van der Waals surface area contributed by atoms with Gasteiger partial charge >= 0.3 is 0 Å². The van der Waals surface area contributed by atoms with E-state index in [0.717, 1.165) is 29.3 Å². The number of nitrogens with two attached hydrogens (primary N) is 1. The van der Waals surface area contributed by atoms with Crippen LogP contribution in [0.2, 0.25) is 0 Å². The van der Waals surface area contributed by atoms with Crippen molar-refractivity contribution < 1.29 is 4.79 Å². The zero-order valence-electron chi connectivity index (χ0n) is 9.73. The first-order valence-corrected chi connectivity index (χ1v) is 6.82. The minimum atomic E-state index is 0.166. The molecule has 2 atom stereocenters. The van der Waals surface area contributed by atoms with Crippen LogP contribution in [0.25, 0.3) is 0 Å². The first-order valence-electron chi connectivity index (χ1n) is 6.03. The monoisotopic (exact) mass is 296 g/mol. The van der Waals surface area contributed by atoms with Crippen molar-refractivity contribution >= 4 is 21.7 Å². The molecule has 1 saturated carbocycles. The van der Waals surface area contributed by atoms with Crippen molar-refractivity contribution in [3.8, 4) is 0 Å². The Kier molecular flexibility index (Phi) is 4.29. The van der Waals surface area contributed by atoms with E-state index in [9.17, 15) is 4.79 Å². The number of hydrogen-bond donors (Lipinski definition) is 1. The van der Waals surface area contributed by atoms with Crippen molar-refractivity contribution in [1.82, 2.24) is 4.98 Å². The minimum Gasteiger partial charge on any atom is -0.330 e. The molecule has 0 bridgehead atoms. The quantitative estimate of drug-likeness (QED) is 0.928. The molecule has 1 aliphatic rings. The Labute approximate surface area is 110 Å². The van der Waals surface area contributed by atoms with E-state index < -0.39 is 0 Å². The fraction of sp³-hybridized carbons (Fsp3) is 0.538. The molecule has 2 unspecified atom stereocenters. The van der Waals surface area contributed by atoms with Crippen LogP contribution in [0.15, 0.2) is 22.9 Å². The number of carbonyl (C=O) groups is 1. The van der Waals surface area contributed by atoms with Gasteiger partial charge in [0.1, 0.15) is 5.78 Å². The molecular formula is C13H17BrN2O. The highest BCUT2D eigenvalue weighted by Gasteiger charge is 2.31. The number of rotatable bonds is 4. The van der Waals surface area contributed by atoms with Crippen LogP contribution in [0, 0.1) is 11.8 Å². The van der Waals surface area contributed by atoms with Crippen LogP contribution in [0.1, 0.15) is 24.8 Å². The topological polar surface area (TPSA) is 56.0 Å². The standard InChI is InChI=1S/C13H17BrN2O/c14-11-4-9(7-16-8-11)5-13(17)12-3-1-2-10(12)6-15/h4,7-8,10,12H,1-3,5-6,15H2. The van der Waals surface area contributed by atoms with Gasteiger partial charge in [-0.2, -0.15) is 0 Å². The summed E-state index contributed by atoms with van der Waals surface area (Å²) in [5, 5.41) is 0. The predicted octanol–water partition coefficient (Wildman–Crippen LogP) is 2.33. The molecular weight excluding hydrogens is 280 g/mol. The maximum atomic E-state index is 12.2. The Bertz CT molecular complexity index is 408. The molecule has 1 aromatic heterocycles. The molecule has 2 N–H and O–H groups in total. The van der Waals surface area contributed by atoms with Gasteiger partial charge in [0, 0.05) is 29.2 Å². The molecule has 1 aliphatic carbocycles. The Balaban J connectivity index is 2.01. The number of halogens is 1. The summed E-state index contributed by atoms with van der Waals surface area (Å²) < 4.78 is 0.921. The first-order chi connectivity index (χ1) is 8.20. The Morgan fingerprint density at radius 2 is 2.29 bits per heavy atom. The molecule has 0 aromatic carbocycles. The Morgan fingerprint density at radius 3 is 3.00 bits per heavy atom. The Morgan fingerprint density at radius 1 is 1.47 bits per heavy atom. The molecule has 0 radical (unpaired) electrons. The maximum absolute atomic E-state index is 12.2. The van der Waals surface area contributed by atoms with Crippen LogP contribution >= 0.6 is 15.9 Å². The molecule has 3 nitrogen and oxygen atoms in total. The third-order valence-electron chi connectivity index (χ3n) is 3.52. The predicted molar refractivity (Wildman–Crippen MR) is 70.5 cm³/mol. The number of carbonyl (C=O) groups excluding carboxylic acids is 1. The highest BCUT2D eigenvalue weighted by atomic mass is 79.9. The van der Waals surface area contributed by atoms with E-state index in [2.05, 4.69) is 20.9 Å². The molecule has 0 amide bonds. The van der Waals surface area contributed by atoms with Gasteiger partial charge in [-0.3, -0.25) is 9.78 Å². The number of ketones is 1. The summed E-state index contributed by atoms with van der Waals surface area (Å²) in [7, 11) is 0. The highest BCUT2D eigenvalue weighted by Crippen LogP contribution is 2.32. The van der Waals surface area contributed by atoms with Crippen molar-refractivity contribution in [1.29, 1.82) is 0 Å².